The molecule has 5 rings (SSSR count). The quantitative estimate of drug-likeness (QED) is 0.704. The molecule has 2 aromatic heterocycles. The highest BCUT2D eigenvalue weighted by Gasteiger charge is 2.44. The van der Waals surface area contributed by atoms with Crippen LogP contribution in [-0.2, 0) is 16.2 Å². The van der Waals surface area contributed by atoms with E-state index in [2.05, 4.69) is 17.4 Å². The Hall–Kier alpha value is -2.64. The van der Waals surface area contributed by atoms with Crippen LogP contribution in [0.2, 0.25) is 0 Å². The van der Waals surface area contributed by atoms with Crippen molar-refractivity contribution in [1.29, 1.82) is 0 Å². The van der Waals surface area contributed by atoms with Gasteiger partial charge in [-0.2, -0.15) is 5.10 Å². The average Bonchev–Trinajstić information content (AvgIpc) is 3.36. The van der Waals surface area contributed by atoms with Crippen molar-refractivity contribution < 1.29 is 14.7 Å². The van der Waals surface area contributed by atoms with Gasteiger partial charge in [0.2, 0.25) is 0 Å². The monoisotopic (exact) mass is 439 g/mol. The van der Waals surface area contributed by atoms with Crippen LogP contribution in [0.25, 0.3) is 11.0 Å². The van der Waals surface area contributed by atoms with Gasteiger partial charge in [-0.3, -0.25) is 4.79 Å². The third-order valence-electron chi connectivity index (χ3n) is 7.59. The van der Waals surface area contributed by atoms with Crippen LogP contribution in [0, 0.1) is 12.8 Å². The third-order valence-corrected chi connectivity index (χ3v) is 7.59. The lowest BCUT2D eigenvalue weighted by atomic mass is 9.76. The summed E-state index contributed by atoms with van der Waals surface area (Å²) in [5.41, 5.74) is 4.50. The average molecular weight is 440 g/mol. The summed E-state index contributed by atoms with van der Waals surface area (Å²) in [5, 5.41) is 23.5. The fraction of sp³-hybridized carbons (Fsp3) is 0.667. The molecule has 8 heteroatoms. The van der Waals surface area contributed by atoms with E-state index in [0.717, 1.165) is 53.1 Å². The zero-order chi connectivity index (χ0) is 22.3. The molecule has 2 aliphatic carbocycles. The van der Waals surface area contributed by atoms with Gasteiger partial charge in [-0.1, -0.05) is 24.4 Å². The number of pyridine rings is 1. The van der Waals surface area contributed by atoms with Gasteiger partial charge < -0.3 is 15.3 Å². The minimum absolute atomic E-state index is 0.266. The number of rotatable bonds is 5. The molecule has 0 aromatic carbocycles. The lowest BCUT2D eigenvalue weighted by Crippen LogP contribution is -2.36. The highest BCUT2D eigenvalue weighted by atomic mass is 16.7. The van der Waals surface area contributed by atoms with Crippen LogP contribution < -0.4 is 5.32 Å². The minimum atomic E-state index is -0.698. The van der Waals surface area contributed by atoms with E-state index in [0.29, 0.717) is 25.3 Å². The van der Waals surface area contributed by atoms with E-state index in [9.17, 15) is 9.90 Å². The highest BCUT2D eigenvalue weighted by molar-refractivity contribution is 6.11. The van der Waals surface area contributed by atoms with Crippen molar-refractivity contribution in [1.82, 2.24) is 14.8 Å². The Balaban J connectivity index is 1.48. The van der Waals surface area contributed by atoms with Crippen molar-refractivity contribution in [3.63, 3.8) is 0 Å². The molecule has 8 nitrogen and oxygen atoms in total. The van der Waals surface area contributed by atoms with E-state index >= 15 is 0 Å². The normalized spacial score (nSPS) is 26.3. The van der Waals surface area contributed by atoms with E-state index in [1.54, 1.807) is 0 Å². The number of oxime groups is 1. The first-order valence-electron chi connectivity index (χ1n) is 12.1. The Morgan fingerprint density at radius 2 is 2.00 bits per heavy atom. The molecule has 0 saturated heterocycles. The first-order chi connectivity index (χ1) is 15.5. The van der Waals surface area contributed by atoms with Crippen molar-refractivity contribution in [2.24, 2.45) is 11.1 Å². The van der Waals surface area contributed by atoms with Gasteiger partial charge in [-0.05, 0) is 52.4 Å². The topological polar surface area (TPSA) is 102 Å². The molecule has 172 valence electrons. The van der Waals surface area contributed by atoms with Crippen LogP contribution in [-0.4, -0.2) is 43.2 Å². The van der Waals surface area contributed by atoms with E-state index in [1.807, 2.05) is 17.8 Å². The molecule has 3 aliphatic rings. The number of carboxylic acids is 1. The van der Waals surface area contributed by atoms with Gasteiger partial charge in [0, 0.05) is 30.8 Å². The lowest BCUT2D eigenvalue weighted by Gasteiger charge is -2.33. The maximum absolute atomic E-state index is 11.4. The van der Waals surface area contributed by atoms with Gasteiger partial charge in [0.1, 0.15) is 5.60 Å². The van der Waals surface area contributed by atoms with Crippen molar-refractivity contribution in [2.75, 3.05) is 5.32 Å². The standard InChI is InChI=1S/C24H33N5O3/c1-3-29-22-20(15(2)27-29)21(26-17-7-5-4-6-8-17)18(14-25-22)19-13-24(32-28-19)11-9-16(10-12-24)23(30)31/h14,16-17H,3-13H2,1-2H3,(H,25,26)(H,30,31). The van der Waals surface area contributed by atoms with Crippen LogP contribution >= 0.6 is 0 Å². The summed E-state index contributed by atoms with van der Waals surface area (Å²) in [4.78, 5) is 22.2. The second kappa shape index (κ2) is 8.37. The zero-order valence-corrected chi connectivity index (χ0v) is 19.1. The maximum atomic E-state index is 11.4. The summed E-state index contributed by atoms with van der Waals surface area (Å²) < 4.78 is 1.96. The van der Waals surface area contributed by atoms with Crippen LogP contribution in [0.4, 0.5) is 5.69 Å². The molecule has 0 amide bonds. The predicted molar refractivity (Wildman–Crippen MR) is 123 cm³/mol. The number of carbonyl (C=O) groups is 1. The smallest absolute Gasteiger partial charge is 0.306 e. The second-order valence-electron chi connectivity index (χ2n) is 9.73. The number of nitrogens with one attached hydrogen (secondary N) is 1. The number of anilines is 1. The summed E-state index contributed by atoms with van der Waals surface area (Å²) in [7, 11) is 0. The maximum Gasteiger partial charge on any atom is 0.306 e. The number of aromatic nitrogens is 3. The molecular formula is C24H33N5O3. The first kappa shape index (κ1) is 21.2. The summed E-state index contributed by atoms with van der Waals surface area (Å²) >= 11 is 0. The van der Waals surface area contributed by atoms with Crippen molar-refractivity contribution in [2.45, 2.75) is 96.2 Å². The van der Waals surface area contributed by atoms with Gasteiger partial charge in [-0.25, -0.2) is 9.67 Å². The molecule has 0 atom stereocenters. The van der Waals surface area contributed by atoms with Gasteiger partial charge >= 0.3 is 5.97 Å². The van der Waals surface area contributed by atoms with Gasteiger partial charge in [0.15, 0.2) is 5.65 Å². The van der Waals surface area contributed by atoms with E-state index in [4.69, 9.17) is 14.9 Å². The molecule has 2 aromatic rings. The molecule has 0 radical (unpaired) electrons. The Labute approximate surface area is 188 Å². The Morgan fingerprint density at radius 3 is 2.69 bits per heavy atom. The van der Waals surface area contributed by atoms with Gasteiger partial charge in [-0.15, -0.1) is 0 Å². The largest absolute Gasteiger partial charge is 0.481 e. The number of aliphatic carboxylic acids is 1. The molecule has 2 N–H and O–H groups in total. The van der Waals surface area contributed by atoms with Crippen LogP contribution in [0.5, 0.6) is 0 Å². The molecule has 3 heterocycles. The lowest BCUT2D eigenvalue weighted by molar-refractivity contribution is -0.145. The van der Waals surface area contributed by atoms with Crippen LogP contribution in [0.15, 0.2) is 11.4 Å². The summed E-state index contributed by atoms with van der Waals surface area (Å²) in [6, 6.07) is 0.445. The van der Waals surface area contributed by atoms with E-state index < -0.39 is 5.97 Å². The summed E-state index contributed by atoms with van der Waals surface area (Å²) in [5.74, 6) is -0.964. The molecular weight excluding hydrogens is 406 g/mol. The van der Waals surface area contributed by atoms with E-state index in [1.165, 1.54) is 32.1 Å². The summed E-state index contributed by atoms with van der Waals surface area (Å²) in [6.45, 7) is 4.91. The first-order valence-corrected chi connectivity index (χ1v) is 12.1. The molecule has 2 saturated carbocycles. The molecule has 1 spiro atoms. The number of hydrogen-bond donors (Lipinski definition) is 2. The third kappa shape index (κ3) is 3.73. The van der Waals surface area contributed by atoms with Crippen LogP contribution in [0.3, 0.4) is 0 Å². The molecule has 1 aliphatic heterocycles. The van der Waals surface area contributed by atoms with Gasteiger partial charge in [0.05, 0.1) is 28.4 Å². The Morgan fingerprint density at radius 1 is 1.25 bits per heavy atom. The molecule has 0 unspecified atom stereocenters. The molecule has 0 bridgehead atoms. The SMILES string of the molecule is CCn1nc(C)c2c(NC3CCCCC3)c(C3=NOC4(CCC(C(=O)O)CC4)C3)cnc21. The highest BCUT2D eigenvalue weighted by Crippen LogP contribution is 2.43. The number of aryl methyl sites for hydroxylation is 2. The minimum Gasteiger partial charge on any atom is -0.481 e. The van der Waals surface area contributed by atoms with Crippen molar-refractivity contribution >= 4 is 28.4 Å². The Bertz CT molecular complexity index is 1050. The molecule has 32 heavy (non-hydrogen) atoms. The van der Waals surface area contributed by atoms with Crippen molar-refractivity contribution in [3.8, 4) is 0 Å². The van der Waals surface area contributed by atoms with Gasteiger partial charge in [0.25, 0.3) is 0 Å². The fourth-order valence-corrected chi connectivity index (χ4v) is 5.68. The number of nitrogens with zero attached hydrogens (tertiary/aromatic N) is 4. The number of hydrogen-bond acceptors (Lipinski definition) is 6. The van der Waals surface area contributed by atoms with Crippen LogP contribution in [0.1, 0.15) is 82.4 Å². The number of fused-ring (bicyclic) bond motifs is 1. The zero-order valence-electron chi connectivity index (χ0n) is 19.1. The predicted octanol–water partition coefficient (Wildman–Crippen LogP) is 4.64. The Kier molecular flexibility index (Phi) is 5.55. The van der Waals surface area contributed by atoms with Crippen molar-refractivity contribution in [3.05, 3.63) is 17.5 Å². The number of carboxylic acid groups (broad SMARTS) is 1. The van der Waals surface area contributed by atoms with E-state index in [-0.39, 0.29) is 11.5 Å². The second-order valence-corrected chi connectivity index (χ2v) is 9.73. The summed E-state index contributed by atoms with van der Waals surface area (Å²) in [6.07, 6.45) is 11.5. The molecule has 2 fully saturated rings. The fourth-order valence-electron chi connectivity index (χ4n) is 5.68.